The number of nitrogens with two attached hydrogens (primary N) is 2. The summed E-state index contributed by atoms with van der Waals surface area (Å²) in [4.78, 5) is 16.9. The maximum atomic E-state index is 9.42. The standard InChI is InChI=1S/C20H18ClN9/c1-11(27-18-13(8-22)17(23)28-20(24)29-18)14-10-30(9-12-4-2-3-6-25-12)19-16(14)15(21)5-7-26-19/h2-7,10-11H,9H2,1H3,(H5,23,24,27,28,29). The Bertz CT molecular complexity index is 1260. The number of hydrogen-bond acceptors (Lipinski definition) is 8. The summed E-state index contributed by atoms with van der Waals surface area (Å²) >= 11 is 6.52. The van der Waals surface area contributed by atoms with Crippen molar-refractivity contribution in [3.05, 3.63) is 64.7 Å². The van der Waals surface area contributed by atoms with Gasteiger partial charge in [-0.2, -0.15) is 15.2 Å². The van der Waals surface area contributed by atoms with Crippen LogP contribution >= 0.6 is 11.6 Å². The number of halogens is 1. The van der Waals surface area contributed by atoms with Crippen LogP contribution in [0.3, 0.4) is 0 Å². The predicted octanol–water partition coefficient (Wildman–Crippen LogP) is 3.13. The fourth-order valence-corrected chi connectivity index (χ4v) is 3.56. The first-order valence-corrected chi connectivity index (χ1v) is 9.48. The van der Waals surface area contributed by atoms with Gasteiger partial charge in [0, 0.05) is 29.5 Å². The molecule has 30 heavy (non-hydrogen) atoms. The van der Waals surface area contributed by atoms with E-state index in [1.165, 1.54) is 0 Å². The number of rotatable bonds is 5. The summed E-state index contributed by atoms with van der Waals surface area (Å²) in [5, 5.41) is 14.0. The summed E-state index contributed by atoms with van der Waals surface area (Å²) < 4.78 is 1.99. The molecule has 4 aromatic heterocycles. The molecule has 0 saturated carbocycles. The molecule has 0 radical (unpaired) electrons. The topological polar surface area (TPSA) is 144 Å². The van der Waals surface area contributed by atoms with Crippen molar-refractivity contribution in [2.24, 2.45) is 0 Å². The predicted molar refractivity (Wildman–Crippen MR) is 116 cm³/mol. The monoisotopic (exact) mass is 419 g/mol. The summed E-state index contributed by atoms with van der Waals surface area (Å²) in [6.07, 6.45) is 5.39. The maximum absolute atomic E-state index is 9.42. The number of pyridine rings is 2. The van der Waals surface area contributed by atoms with Gasteiger partial charge in [0.05, 0.1) is 23.3 Å². The molecule has 4 rings (SSSR count). The molecule has 150 valence electrons. The lowest BCUT2D eigenvalue weighted by atomic mass is 10.1. The molecule has 10 heteroatoms. The fourth-order valence-electron chi connectivity index (χ4n) is 3.31. The molecule has 0 amide bonds. The highest BCUT2D eigenvalue weighted by Crippen LogP contribution is 2.33. The first kappa shape index (κ1) is 19.4. The summed E-state index contributed by atoms with van der Waals surface area (Å²) in [5.74, 6) is 0.274. The number of nitrogen functional groups attached to an aromatic ring is 2. The van der Waals surface area contributed by atoms with Gasteiger partial charge in [-0.1, -0.05) is 17.7 Å². The number of hydrogen-bond donors (Lipinski definition) is 3. The van der Waals surface area contributed by atoms with Crippen LogP contribution in [0, 0.1) is 11.3 Å². The fraction of sp³-hybridized carbons (Fsp3) is 0.150. The SMILES string of the molecule is CC(Nc1nc(N)nc(N)c1C#N)c1cn(Cc2ccccn2)c2nccc(Cl)c12. The lowest BCUT2D eigenvalue weighted by molar-refractivity contribution is 0.784. The third kappa shape index (κ3) is 3.56. The Hall–Kier alpha value is -3.90. The molecule has 0 saturated heterocycles. The number of nitrogens with one attached hydrogen (secondary N) is 1. The summed E-state index contributed by atoms with van der Waals surface area (Å²) in [6.45, 7) is 2.47. The molecule has 0 aliphatic heterocycles. The second-order valence-corrected chi connectivity index (χ2v) is 7.10. The van der Waals surface area contributed by atoms with E-state index in [9.17, 15) is 5.26 Å². The average molecular weight is 420 g/mol. The molecule has 4 heterocycles. The molecule has 9 nitrogen and oxygen atoms in total. The van der Waals surface area contributed by atoms with E-state index in [-0.39, 0.29) is 29.2 Å². The number of anilines is 3. The molecular formula is C20H18ClN9. The molecule has 1 atom stereocenters. The number of aromatic nitrogens is 5. The molecule has 1 unspecified atom stereocenters. The second-order valence-electron chi connectivity index (χ2n) is 6.69. The van der Waals surface area contributed by atoms with Gasteiger partial charge in [-0.3, -0.25) is 4.98 Å². The molecule has 5 N–H and O–H groups in total. The number of nitriles is 1. The third-order valence-corrected chi connectivity index (χ3v) is 5.00. The summed E-state index contributed by atoms with van der Waals surface area (Å²) in [7, 11) is 0. The first-order chi connectivity index (χ1) is 14.5. The minimum absolute atomic E-state index is 0.0153. The zero-order chi connectivity index (χ0) is 21.3. The van der Waals surface area contributed by atoms with Crippen molar-refractivity contribution in [1.82, 2.24) is 24.5 Å². The number of nitrogens with zero attached hydrogens (tertiary/aromatic N) is 6. The van der Waals surface area contributed by atoms with Crippen LogP contribution in [-0.2, 0) is 6.54 Å². The van der Waals surface area contributed by atoms with Crippen molar-refractivity contribution < 1.29 is 0 Å². The zero-order valence-electron chi connectivity index (χ0n) is 16.0. The van der Waals surface area contributed by atoms with E-state index in [2.05, 4.69) is 25.3 Å². The largest absolute Gasteiger partial charge is 0.382 e. The molecule has 4 aromatic rings. The van der Waals surface area contributed by atoms with E-state index in [4.69, 9.17) is 23.1 Å². The summed E-state index contributed by atoms with van der Waals surface area (Å²) in [5.41, 5.74) is 14.2. The van der Waals surface area contributed by atoms with E-state index in [1.807, 2.05) is 42.0 Å². The Kier molecular flexibility index (Phi) is 5.08. The maximum Gasteiger partial charge on any atom is 0.224 e. The normalized spacial score (nSPS) is 11.9. The quantitative estimate of drug-likeness (QED) is 0.447. The van der Waals surface area contributed by atoms with Crippen molar-refractivity contribution in [1.29, 1.82) is 5.26 Å². The van der Waals surface area contributed by atoms with Crippen molar-refractivity contribution in [3.63, 3.8) is 0 Å². The highest BCUT2D eigenvalue weighted by atomic mass is 35.5. The van der Waals surface area contributed by atoms with Gasteiger partial charge < -0.3 is 21.4 Å². The highest BCUT2D eigenvalue weighted by molar-refractivity contribution is 6.35. The lowest BCUT2D eigenvalue weighted by Gasteiger charge is -2.16. The van der Waals surface area contributed by atoms with Crippen molar-refractivity contribution in [3.8, 4) is 6.07 Å². The van der Waals surface area contributed by atoms with Gasteiger partial charge in [-0.15, -0.1) is 0 Å². The van der Waals surface area contributed by atoms with E-state index in [0.29, 0.717) is 11.6 Å². The molecular weight excluding hydrogens is 402 g/mol. The van der Waals surface area contributed by atoms with Gasteiger partial charge in [-0.25, -0.2) is 4.98 Å². The van der Waals surface area contributed by atoms with Gasteiger partial charge in [0.25, 0.3) is 0 Å². The average Bonchev–Trinajstić information content (AvgIpc) is 3.08. The Morgan fingerprint density at radius 2 is 2.03 bits per heavy atom. The van der Waals surface area contributed by atoms with Crippen LogP contribution in [-0.4, -0.2) is 24.5 Å². The van der Waals surface area contributed by atoms with Gasteiger partial charge in [0.15, 0.2) is 5.82 Å². The van der Waals surface area contributed by atoms with E-state index < -0.39 is 0 Å². The highest BCUT2D eigenvalue weighted by Gasteiger charge is 2.20. The van der Waals surface area contributed by atoms with E-state index in [0.717, 1.165) is 22.3 Å². The Labute approximate surface area is 177 Å². The van der Waals surface area contributed by atoms with Gasteiger partial charge in [0.1, 0.15) is 23.1 Å². The van der Waals surface area contributed by atoms with Crippen LogP contribution in [0.4, 0.5) is 17.6 Å². The van der Waals surface area contributed by atoms with Gasteiger partial charge in [0.2, 0.25) is 5.95 Å². The van der Waals surface area contributed by atoms with Crippen molar-refractivity contribution in [2.75, 3.05) is 16.8 Å². The van der Waals surface area contributed by atoms with E-state index in [1.54, 1.807) is 18.5 Å². The molecule has 0 bridgehead atoms. The van der Waals surface area contributed by atoms with Crippen LogP contribution in [0.2, 0.25) is 5.02 Å². The first-order valence-electron chi connectivity index (χ1n) is 9.10. The Balaban J connectivity index is 1.77. The van der Waals surface area contributed by atoms with Crippen LogP contribution in [0.1, 0.15) is 29.8 Å². The van der Waals surface area contributed by atoms with Gasteiger partial charge >= 0.3 is 0 Å². The molecule has 0 aliphatic carbocycles. The third-order valence-electron chi connectivity index (χ3n) is 4.68. The second kappa shape index (κ2) is 7.85. The van der Waals surface area contributed by atoms with Crippen molar-refractivity contribution >= 4 is 40.2 Å². The molecule has 0 fully saturated rings. The molecule has 0 spiro atoms. The lowest BCUT2D eigenvalue weighted by Crippen LogP contribution is -2.13. The van der Waals surface area contributed by atoms with E-state index >= 15 is 0 Å². The summed E-state index contributed by atoms with van der Waals surface area (Å²) in [6, 6.07) is 9.24. The minimum atomic E-state index is -0.278. The smallest absolute Gasteiger partial charge is 0.224 e. The molecule has 0 aliphatic rings. The Morgan fingerprint density at radius 1 is 1.20 bits per heavy atom. The molecule has 0 aromatic carbocycles. The Morgan fingerprint density at radius 3 is 2.77 bits per heavy atom. The van der Waals surface area contributed by atoms with Crippen LogP contribution in [0.25, 0.3) is 11.0 Å². The van der Waals surface area contributed by atoms with Crippen molar-refractivity contribution in [2.45, 2.75) is 19.5 Å². The van der Waals surface area contributed by atoms with Crippen LogP contribution in [0.5, 0.6) is 0 Å². The van der Waals surface area contributed by atoms with Crippen LogP contribution < -0.4 is 16.8 Å². The minimum Gasteiger partial charge on any atom is -0.382 e. The van der Waals surface area contributed by atoms with Gasteiger partial charge in [-0.05, 0) is 25.1 Å². The zero-order valence-corrected chi connectivity index (χ0v) is 16.8. The number of fused-ring (bicyclic) bond motifs is 1. The van der Waals surface area contributed by atoms with Crippen LogP contribution in [0.15, 0.2) is 42.9 Å².